The Balaban J connectivity index is 1.80. The number of benzene rings is 2. The molecule has 0 radical (unpaired) electrons. The normalized spacial score (nSPS) is 20.1. The number of nitrogens with one attached hydrogen (secondary N) is 1. The number of methoxy groups -OCH3 is 2. The van der Waals surface area contributed by atoms with Gasteiger partial charge in [-0.05, 0) is 30.7 Å². The molecule has 8 heteroatoms. The van der Waals surface area contributed by atoms with Gasteiger partial charge in [0.1, 0.15) is 4.91 Å². The lowest BCUT2D eigenvalue weighted by atomic mass is 9.84. The Morgan fingerprint density at radius 1 is 1.11 bits per heavy atom. The van der Waals surface area contributed by atoms with Crippen molar-refractivity contribution in [2.45, 2.75) is 23.7 Å². The molecular formula is C20H18ClNO5S. The average Bonchev–Trinajstić information content (AvgIpc) is 2.67. The third-order valence-corrected chi connectivity index (χ3v) is 7.23. The van der Waals surface area contributed by atoms with Gasteiger partial charge in [0.25, 0.3) is 0 Å². The maximum atomic E-state index is 13.0. The van der Waals surface area contributed by atoms with E-state index in [0.717, 1.165) is 5.56 Å². The summed E-state index contributed by atoms with van der Waals surface area (Å²) >= 11 is 5.96. The molecule has 0 spiro atoms. The van der Waals surface area contributed by atoms with Crippen LogP contribution in [0, 0.1) is 0 Å². The number of para-hydroxylation sites is 1. The van der Waals surface area contributed by atoms with Crippen LogP contribution >= 0.6 is 11.6 Å². The molecule has 1 aliphatic heterocycles. The van der Waals surface area contributed by atoms with Gasteiger partial charge in [-0.3, -0.25) is 4.79 Å². The molecule has 0 amide bonds. The molecule has 1 aliphatic carbocycles. The van der Waals surface area contributed by atoms with Crippen molar-refractivity contribution >= 4 is 32.9 Å². The molecule has 2 aromatic rings. The van der Waals surface area contributed by atoms with E-state index in [-0.39, 0.29) is 22.1 Å². The van der Waals surface area contributed by atoms with Gasteiger partial charge in [-0.25, -0.2) is 8.42 Å². The lowest BCUT2D eigenvalue weighted by Gasteiger charge is -2.31. The zero-order valence-corrected chi connectivity index (χ0v) is 16.9. The molecule has 2 aromatic carbocycles. The zero-order chi connectivity index (χ0) is 20.1. The summed E-state index contributed by atoms with van der Waals surface area (Å²) in [6.07, 6.45) is 0.436. The van der Waals surface area contributed by atoms with Crippen LogP contribution in [0.15, 0.2) is 51.9 Å². The lowest BCUT2D eigenvalue weighted by Crippen LogP contribution is -2.30. The number of hydrogen-bond acceptors (Lipinski definition) is 6. The van der Waals surface area contributed by atoms with E-state index >= 15 is 0 Å². The van der Waals surface area contributed by atoms with Crippen LogP contribution in [0.4, 0.5) is 5.69 Å². The van der Waals surface area contributed by atoms with Crippen molar-refractivity contribution in [1.29, 1.82) is 0 Å². The predicted octanol–water partition coefficient (Wildman–Crippen LogP) is 3.91. The second kappa shape index (κ2) is 6.83. The SMILES string of the molecule is COc1cccc(C2CC(=O)C3=C(C2)Nc2ccc(Cl)cc2S3(=O)=O)c1OC. The first kappa shape index (κ1) is 18.8. The van der Waals surface area contributed by atoms with Crippen LogP contribution in [0.2, 0.25) is 5.02 Å². The van der Waals surface area contributed by atoms with Crippen molar-refractivity contribution in [3.05, 3.63) is 57.6 Å². The molecule has 0 bridgehead atoms. The van der Waals surface area contributed by atoms with E-state index < -0.39 is 15.6 Å². The van der Waals surface area contributed by atoms with Gasteiger partial charge in [-0.15, -0.1) is 0 Å². The van der Waals surface area contributed by atoms with E-state index in [0.29, 0.717) is 34.3 Å². The van der Waals surface area contributed by atoms with Crippen molar-refractivity contribution in [1.82, 2.24) is 0 Å². The van der Waals surface area contributed by atoms with E-state index in [1.165, 1.54) is 6.07 Å². The first-order valence-corrected chi connectivity index (χ1v) is 10.5. The minimum absolute atomic E-state index is 0.0320. The number of fused-ring (bicyclic) bond motifs is 1. The second-order valence-electron chi connectivity index (χ2n) is 6.69. The third-order valence-electron chi connectivity index (χ3n) is 5.07. The highest BCUT2D eigenvalue weighted by Gasteiger charge is 2.41. The number of ether oxygens (including phenoxy) is 2. The van der Waals surface area contributed by atoms with Crippen molar-refractivity contribution in [3.8, 4) is 11.5 Å². The van der Waals surface area contributed by atoms with Crippen LogP contribution in [0.25, 0.3) is 0 Å². The molecule has 1 atom stereocenters. The van der Waals surface area contributed by atoms with Crippen molar-refractivity contribution in [2.24, 2.45) is 0 Å². The quantitative estimate of drug-likeness (QED) is 0.812. The van der Waals surface area contributed by atoms with Crippen LogP contribution in [0.5, 0.6) is 11.5 Å². The molecule has 0 aromatic heterocycles. The summed E-state index contributed by atoms with van der Waals surface area (Å²) in [5.41, 5.74) is 1.64. The average molecular weight is 420 g/mol. The number of carbonyl (C=O) groups is 1. The smallest absolute Gasteiger partial charge is 0.213 e. The summed E-state index contributed by atoms with van der Waals surface area (Å²) in [5, 5.41) is 3.43. The molecule has 6 nitrogen and oxygen atoms in total. The zero-order valence-electron chi connectivity index (χ0n) is 15.3. The van der Waals surface area contributed by atoms with Gasteiger partial charge >= 0.3 is 0 Å². The highest BCUT2D eigenvalue weighted by Crippen LogP contribution is 2.46. The van der Waals surface area contributed by atoms with Gasteiger partial charge in [0.15, 0.2) is 17.3 Å². The summed E-state index contributed by atoms with van der Waals surface area (Å²) in [4.78, 5) is 12.8. The first-order valence-electron chi connectivity index (χ1n) is 8.65. The Hall–Kier alpha value is -2.51. The molecule has 1 unspecified atom stereocenters. The fourth-order valence-corrected chi connectivity index (χ4v) is 5.85. The highest BCUT2D eigenvalue weighted by atomic mass is 35.5. The Kier molecular flexibility index (Phi) is 4.59. The number of hydrogen-bond donors (Lipinski definition) is 1. The van der Waals surface area contributed by atoms with Gasteiger partial charge in [-0.1, -0.05) is 23.7 Å². The number of carbonyl (C=O) groups excluding carboxylic acids is 1. The molecule has 0 saturated carbocycles. The molecule has 1 heterocycles. The largest absolute Gasteiger partial charge is 0.493 e. The minimum Gasteiger partial charge on any atom is -0.493 e. The molecule has 0 fully saturated rings. The Bertz CT molecular complexity index is 1120. The van der Waals surface area contributed by atoms with E-state index in [9.17, 15) is 13.2 Å². The molecule has 4 rings (SSSR count). The van der Waals surface area contributed by atoms with Gasteiger partial charge in [0.2, 0.25) is 9.84 Å². The molecule has 2 aliphatic rings. The minimum atomic E-state index is -3.92. The van der Waals surface area contributed by atoms with Crippen LogP contribution in [0.3, 0.4) is 0 Å². The van der Waals surface area contributed by atoms with Gasteiger partial charge in [-0.2, -0.15) is 0 Å². The van der Waals surface area contributed by atoms with Crippen molar-refractivity contribution in [3.63, 3.8) is 0 Å². The molecule has 1 N–H and O–H groups in total. The number of allylic oxidation sites excluding steroid dienone is 2. The van der Waals surface area contributed by atoms with Crippen LogP contribution in [-0.2, 0) is 14.6 Å². The van der Waals surface area contributed by atoms with Gasteiger partial charge in [0.05, 0.1) is 24.8 Å². The molecule has 146 valence electrons. The summed E-state index contributed by atoms with van der Waals surface area (Å²) in [5.74, 6) is 0.469. The number of Topliss-reactive ketones (excluding diaryl/α,β-unsaturated/α-hetero) is 1. The van der Waals surface area contributed by atoms with E-state index in [1.807, 2.05) is 12.1 Å². The topological polar surface area (TPSA) is 81.7 Å². The van der Waals surface area contributed by atoms with E-state index in [1.54, 1.807) is 32.4 Å². The summed E-state index contributed by atoms with van der Waals surface area (Å²) < 4.78 is 36.9. The fraction of sp³-hybridized carbons (Fsp3) is 0.250. The number of rotatable bonds is 3. The van der Waals surface area contributed by atoms with Crippen LogP contribution in [0.1, 0.15) is 24.3 Å². The maximum absolute atomic E-state index is 13.0. The number of ketones is 1. The number of sulfone groups is 1. The second-order valence-corrected chi connectivity index (χ2v) is 8.98. The number of halogens is 1. The Morgan fingerprint density at radius 2 is 1.89 bits per heavy atom. The van der Waals surface area contributed by atoms with Crippen LogP contribution < -0.4 is 14.8 Å². The summed E-state index contributed by atoms with van der Waals surface area (Å²) in [7, 11) is -0.833. The standard InChI is InChI=1S/C20H18ClNO5S/c1-26-17-5-3-4-13(19(17)27-2)11-8-15-20(16(23)9-11)28(24,25)18-10-12(21)6-7-14(18)22-15/h3-7,10-11,22H,8-9H2,1-2H3. The van der Waals surface area contributed by atoms with Gasteiger partial charge < -0.3 is 14.8 Å². The predicted molar refractivity (Wildman–Crippen MR) is 106 cm³/mol. The van der Waals surface area contributed by atoms with E-state index in [4.69, 9.17) is 21.1 Å². The summed E-state index contributed by atoms with van der Waals surface area (Å²) in [6.45, 7) is 0. The summed E-state index contributed by atoms with van der Waals surface area (Å²) in [6, 6.07) is 10.1. The van der Waals surface area contributed by atoms with Gasteiger partial charge in [0, 0.05) is 28.6 Å². The maximum Gasteiger partial charge on any atom is 0.213 e. The lowest BCUT2D eigenvalue weighted by molar-refractivity contribution is -0.115. The Labute approximate surface area is 168 Å². The number of anilines is 1. The monoisotopic (exact) mass is 419 g/mol. The van der Waals surface area contributed by atoms with Crippen molar-refractivity contribution < 1.29 is 22.7 Å². The fourth-order valence-electron chi connectivity index (χ4n) is 3.86. The molecular weight excluding hydrogens is 402 g/mol. The highest BCUT2D eigenvalue weighted by molar-refractivity contribution is 7.96. The van der Waals surface area contributed by atoms with E-state index in [2.05, 4.69) is 5.32 Å². The first-order chi connectivity index (χ1) is 13.4. The molecule has 0 saturated heterocycles. The van der Waals surface area contributed by atoms with Crippen LogP contribution in [-0.4, -0.2) is 28.4 Å². The Morgan fingerprint density at radius 3 is 2.61 bits per heavy atom. The third kappa shape index (κ3) is 2.86. The van der Waals surface area contributed by atoms with Crippen molar-refractivity contribution in [2.75, 3.05) is 19.5 Å². The molecule has 28 heavy (non-hydrogen) atoms.